The van der Waals surface area contributed by atoms with Crippen molar-refractivity contribution in [2.24, 2.45) is 0 Å². The fraction of sp³-hybridized carbons (Fsp3) is 0.231. The van der Waals surface area contributed by atoms with Crippen LogP contribution in [0, 0.1) is 17.1 Å². The summed E-state index contributed by atoms with van der Waals surface area (Å²) in [6, 6.07) is 17.7. The Bertz CT molecular complexity index is 1420. The Kier molecular flexibility index (Phi) is 7.59. The normalized spacial score (nSPS) is 15.8. The van der Waals surface area contributed by atoms with Gasteiger partial charge in [-0.25, -0.2) is 12.8 Å². The first kappa shape index (κ1) is 25.6. The van der Waals surface area contributed by atoms with Gasteiger partial charge in [0.15, 0.2) is 0 Å². The molecule has 1 atom stereocenters. The summed E-state index contributed by atoms with van der Waals surface area (Å²) in [5.41, 5.74) is 0.565. The predicted molar refractivity (Wildman–Crippen MR) is 134 cm³/mol. The molecule has 7 nitrogen and oxygen atoms in total. The largest absolute Gasteiger partial charge is 0.391 e. The van der Waals surface area contributed by atoms with E-state index in [9.17, 15) is 28.0 Å². The van der Waals surface area contributed by atoms with Crippen molar-refractivity contribution in [2.75, 3.05) is 17.4 Å². The van der Waals surface area contributed by atoms with Gasteiger partial charge in [0.05, 0.1) is 40.4 Å². The number of aliphatic hydroxyl groups excluding tert-OH is 1. The average molecular weight is 528 g/mol. The van der Waals surface area contributed by atoms with Crippen LogP contribution in [0.3, 0.4) is 0 Å². The van der Waals surface area contributed by atoms with Crippen molar-refractivity contribution in [3.05, 3.63) is 94.3 Å². The Hall–Kier alpha value is -3.45. The maximum atomic E-state index is 14.8. The number of hydrogen-bond acceptors (Lipinski definition) is 5. The molecular weight excluding hydrogens is 505 g/mol. The summed E-state index contributed by atoms with van der Waals surface area (Å²) in [6.45, 7) is 0.321. The minimum atomic E-state index is -4.22. The average Bonchev–Trinajstić information content (AvgIpc) is 2.88. The Morgan fingerprint density at radius 1 is 1.17 bits per heavy atom. The van der Waals surface area contributed by atoms with Gasteiger partial charge in [0.1, 0.15) is 5.82 Å². The lowest BCUT2D eigenvalue weighted by atomic mass is 10.1. The third-order valence-corrected chi connectivity index (χ3v) is 7.96. The molecule has 186 valence electrons. The van der Waals surface area contributed by atoms with Crippen molar-refractivity contribution in [2.45, 2.75) is 30.4 Å². The van der Waals surface area contributed by atoms with Crippen molar-refractivity contribution >= 4 is 33.2 Å². The van der Waals surface area contributed by atoms with Crippen LogP contribution >= 0.6 is 11.6 Å². The van der Waals surface area contributed by atoms with E-state index in [1.54, 1.807) is 24.3 Å². The summed E-state index contributed by atoms with van der Waals surface area (Å²) < 4.78 is 43.4. The van der Waals surface area contributed by atoms with Crippen LogP contribution in [-0.2, 0) is 16.6 Å². The van der Waals surface area contributed by atoms with E-state index in [-0.39, 0.29) is 34.8 Å². The van der Waals surface area contributed by atoms with Crippen LogP contribution in [0.1, 0.15) is 34.3 Å². The maximum absolute atomic E-state index is 14.8. The van der Waals surface area contributed by atoms with Crippen molar-refractivity contribution in [3.8, 4) is 6.07 Å². The molecule has 1 aliphatic rings. The number of hydrogen-bond donors (Lipinski definition) is 1. The molecule has 0 radical (unpaired) electrons. The second-order valence-corrected chi connectivity index (χ2v) is 10.8. The Morgan fingerprint density at radius 3 is 2.61 bits per heavy atom. The summed E-state index contributed by atoms with van der Waals surface area (Å²) >= 11 is 5.98. The number of anilines is 1. The lowest BCUT2D eigenvalue weighted by Crippen LogP contribution is -2.42. The van der Waals surface area contributed by atoms with Gasteiger partial charge in [-0.15, -0.1) is 0 Å². The number of nitriles is 1. The number of sulfonamides is 1. The second-order valence-electron chi connectivity index (χ2n) is 8.49. The number of β-amino-alcohol motifs (C(OH)–C–C–N with tert-alkyl or cyclic N) is 1. The molecule has 3 aromatic carbocycles. The van der Waals surface area contributed by atoms with Crippen molar-refractivity contribution in [3.63, 3.8) is 0 Å². The lowest BCUT2D eigenvalue weighted by Gasteiger charge is -2.31. The number of nitrogens with zero attached hydrogens (tertiary/aromatic N) is 3. The first-order valence-electron chi connectivity index (χ1n) is 11.2. The molecule has 1 amide bonds. The van der Waals surface area contributed by atoms with Gasteiger partial charge in [-0.2, -0.15) is 5.26 Å². The number of carbonyl (C=O) groups excluding carboxylic acids is 1. The molecule has 0 aromatic heterocycles. The lowest BCUT2D eigenvalue weighted by molar-refractivity contribution is 0.0470. The standard InChI is InChI=1S/C26H23ClFN3O4S/c27-20-8-6-18(7-9-20)16-31(36(34,35)23-5-1-3-19(13-23)15-29)21-10-11-25(28)24(14-21)26(33)30-12-2-4-22(32)17-30/h1,3,5-11,13-14,22,32H,2,4,12,16-17H2. The Balaban J connectivity index is 1.79. The number of amides is 1. The maximum Gasteiger partial charge on any atom is 0.264 e. The fourth-order valence-corrected chi connectivity index (χ4v) is 5.68. The molecule has 36 heavy (non-hydrogen) atoms. The molecule has 1 fully saturated rings. The quantitative estimate of drug-likeness (QED) is 0.513. The predicted octanol–water partition coefficient (Wildman–Crippen LogP) is 4.34. The Labute approximate surface area is 214 Å². The second kappa shape index (κ2) is 10.7. The number of rotatable bonds is 6. The van der Waals surface area contributed by atoms with Crippen LogP contribution in [0.25, 0.3) is 0 Å². The molecule has 10 heteroatoms. The minimum Gasteiger partial charge on any atom is -0.391 e. The van der Waals surface area contributed by atoms with Crippen LogP contribution in [0.15, 0.2) is 71.6 Å². The molecule has 3 aromatic rings. The molecule has 1 heterocycles. The molecule has 1 saturated heterocycles. The number of likely N-dealkylation sites (tertiary alicyclic amines) is 1. The van der Waals surface area contributed by atoms with Gasteiger partial charge in [0, 0.05) is 18.1 Å². The van der Waals surface area contributed by atoms with E-state index in [0.717, 1.165) is 10.4 Å². The first-order valence-corrected chi connectivity index (χ1v) is 13.0. The number of carbonyl (C=O) groups is 1. The highest BCUT2D eigenvalue weighted by atomic mass is 35.5. The minimum absolute atomic E-state index is 0.0784. The Morgan fingerprint density at radius 2 is 1.92 bits per heavy atom. The third-order valence-electron chi connectivity index (χ3n) is 5.94. The van der Waals surface area contributed by atoms with E-state index in [2.05, 4.69) is 0 Å². The van der Waals surface area contributed by atoms with E-state index < -0.39 is 27.9 Å². The van der Waals surface area contributed by atoms with E-state index >= 15 is 0 Å². The zero-order valence-electron chi connectivity index (χ0n) is 19.1. The van der Waals surface area contributed by atoms with Gasteiger partial charge in [0.25, 0.3) is 15.9 Å². The van der Waals surface area contributed by atoms with Crippen molar-refractivity contribution < 1.29 is 22.7 Å². The summed E-state index contributed by atoms with van der Waals surface area (Å²) in [5.74, 6) is -1.41. The topological polar surface area (TPSA) is 102 Å². The monoisotopic (exact) mass is 527 g/mol. The third kappa shape index (κ3) is 5.51. The smallest absolute Gasteiger partial charge is 0.264 e. The zero-order valence-corrected chi connectivity index (χ0v) is 20.7. The van der Waals surface area contributed by atoms with Gasteiger partial charge in [-0.05, 0) is 66.9 Å². The summed E-state index contributed by atoms with van der Waals surface area (Å²) in [5, 5.41) is 19.7. The zero-order chi connectivity index (χ0) is 25.9. The summed E-state index contributed by atoms with van der Waals surface area (Å²) in [7, 11) is -4.22. The number of aliphatic hydroxyl groups is 1. The van der Waals surface area contributed by atoms with Crippen LogP contribution in [0.4, 0.5) is 10.1 Å². The fourth-order valence-electron chi connectivity index (χ4n) is 4.07. The van der Waals surface area contributed by atoms with E-state index in [4.69, 9.17) is 11.6 Å². The number of halogens is 2. The van der Waals surface area contributed by atoms with E-state index in [0.29, 0.717) is 30.0 Å². The number of benzene rings is 3. The van der Waals surface area contributed by atoms with E-state index in [1.807, 2.05) is 6.07 Å². The SMILES string of the molecule is N#Cc1cccc(S(=O)(=O)N(Cc2ccc(Cl)cc2)c2ccc(F)c(C(=O)N3CCCC(O)C3)c2)c1. The van der Waals surface area contributed by atoms with E-state index in [1.165, 1.54) is 41.3 Å². The van der Waals surface area contributed by atoms with Crippen LogP contribution in [-0.4, -0.2) is 43.5 Å². The summed E-state index contributed by atoms with van der Waals surface area (Å²) in [4.78, 5) is 14.3. The highest BCUT2D eigenvalue weighted by molar-refractivity contribution is 7.92. The van der Waals surface area contributed by atoms with Crippen LogP contribution in [0.5, 0.6) is 0 Å². The molecule has 0 spiro atoms. The van der Waals surface area contributed by atoms with Gasteiger partial charge in [-0.1, -0.05) is 29.8 Å². The molecule has 1 N–H and O–H groups in total. The molecule has 1 aliphatic heterocycles. The first-order chi connectivity index (χ1) is 17.2. The number of piperidine rings is 1. The highest BCUT2D eigenvalue weighted by Crippen LogP contribution is 2.29. The van der Waals surface area contributed by atoms with Gasteiger partial charge >= 0.3 is 0 Å². The van der Waals surface area contributed by atoms with Gasteiger partial charge in [0.2, 0.25) is 0 Å². The highest BCUT2D eigenvalue weighted by Gasteiger charge is 2.29. The molecule has 0 aliphatic carbocycles. The van der Waals surface area contributed by atoms with Crippen LogP contribution < -0.4 is 4.31 Å². The molecule has 0 bridgehead atoms. The van der Waals surface area contributed by atoms with Crippen LogP contribution in [0.2, 0.25) is 5.02 Å². The summed E-state index contributed by atoms with van der Waals surface area (Å²) in [6.07, 6.45) is 0.449. The molecule has 0 saturated carbocycles. The molecule has 1 unspecified atom stereocenters. The van der Waals surface area contributed by atoms with Gasteiger partial charge in [-0.3, -0.25) is 9.10 Å². The molecular formula is C26H23ClFN3O4S. The molecule has 4 rings (SSSR count). The van der Waals surface area contributed by atoms with Crippen molar-refractivity contribution in [1.29, 1.82) is 5.26 Å². The van der Waals surface area contributed by atoms with Crippen molar-refractivity contribution in [1.82, 2.24) is 4.90 Å². The van der Waals surface area contributed by atoms with Gasteiger partial charge < -0.3 is 10.0 Å².